The summed E-state index contributed by atoms with van der Waals surface area (Å²) in [7, 11) is 0. The first-order valence-corrected chi connectivity index (χ1v) is 7.45. The van der Waals surface area contributed by atoms with E-state index in [1.54, 1.807) is 6.07 Å². The molecule has 0 saturated heterocycles. The Balaban J connectivity index is 2.14. The van der Waals surface area contributed by atoms with Gasteiger partial charge in [0.2, 0.25) is 0 Å². The van der Waals surface area contributed by atoms with Gasteiger partial charge in [0.1, 0.15) is 5.82 Å². The van der Waals surface area contributed by atoms with Gasteiger partial charge in [0.05, 0.1) is 5.56 Å². The van der Waals surface area contributed by atoms with Gasteiger partial charge in [-0.05, 0) is 52.4 Å². The third-order valence-electron chi connectivity index (χ3n) is 3.99. The monoisotopic (exact) mass is 327 g/mol. The predicted octanol–water partition coefficient (Wildman–Crippen LogP) is 4.29. The van der Waals surface area contributed by atoms with Crippen molar-refractivity contribution in [2.45, 2.75) is 45.6 Å². The Morgan fingerprint density at radius 3 is 2.84 bits per heavy atom. The zero-order valence-electron chi connectivity index (χ0n) is 11.3. The predicted molar refractivity (Wildman–Crippen MR) is 77.6 cm³/mol. The van der Waals surface area contributed by atoms with Crippen molar-refractivity contribution in [2.75, 3.05) is 0 Å². The summed E-state index contributed by atoms with van der Waals surface area (Å²) < 4.78 is 13.9. The number of carbonyl (C=O) groups is 1. The summed E-state index contributed by atoms with van der Waals surface area (Å²) in [6, 6.07) is 4.33. The minimum Gasteiger partial charge on any atom is -0.349 e. The van der Waals surface area contributed by atoms with E-state index in [-0.39, 0.29) is 17.4 Å². The highest BCUT2D eigenvalue weighted by Gasteiger charge is 2.33. The maximum absolute atomic E-state index is 13.2. The topological polar surface area (TPSA) is 29.1 Å². The van der Waals surface area contributed by atoms with Crippen LogP contribution < -0.4 is 5.32 Å². The first-order chi connectivity index (χ1) is 8.90. The van der Waals surface area contributed by atoms with Crippen LogP contribution in [0.5, 0.6) is 0 Å². The quantitative estimate of drug-likeness (QED) is 0.862. The van der Waals surface area contributed by atoms with Crippen molar-refractivity contribution in [1.29, 1.82) is 0 Å². The highest BCUT2D eigenvalue weighted by Crippen LogP contribution is 2.35. The van der Waals surface area contributed by atoms with Gasteiger partial charge >= 0.3 is 0 Å². The first kappa shape index (κ1) is 14.5. The van der Waals surface area contributed by atoms with Crippen LogP contribution in [0.3, 0.4) is 0 Å². The fraction of sp³-hybridized carbons (Fsp3) is 0.533. The lowest BCUT2D eigenvalue weighted by Crippen LogP contribution is -2.46. The number of rotatable bonds is 2. The van der Waals surface area contributed by atoms with E-state index in [0.717, 1.165) is 19.3 Å². The van der Waals surface area contributed by atoms with Crippen LogP contribution in [0.2, 0.25) is 0 Å². The van der Waals surface area contributed by atoms with Gasteiger partial charge in [-0.25, -0.2) is 4.39 Å². The van der Waals surface area contributed by atoms with Crippen molar-refractivity contribution >= 4 is 21.8 Å². The number of hydrogen-bond acceptors (Lipinski definition) is 1. The Morgan fingerprint density at radius 1 is 1.42 bits per heavy atom. The largest absolute Gasteiger partial charge is 0.349 e. The molecule has 0 aromatic heterocycles. The van der Waals surface area contributed by atoms with E-state index in [9.17, 15) is 9.18 Å². The summed E-state index contributed by atoms with van der Waals surface area (Å²) in [4.78, 5) is 12.3. The molecule has 1 aromatic rings. The molecule has 1 unspecified atom stereocenters. The molecule has 0 spiro atoms. The highest BCUT2D eigenvalue weighted by atomic mass is 79.9. The second-order valence-corrected chi connectivity index (χ2v) is 6.74. The summed E-state index contributed by atoms with van der Waals surface area (Å²) in [5, 5.41) is 3.06. The molecule has 1 atom stereocenters. The Labute approximate surface area is 121 Å². The fourth-order valence-electron chi connectivity index (χ4n) is 2.67. The lowest BCUT2D eigenvalue weighted by atomic mass is 9.73. The molecule has 1 aliphatic rings. The maximum Gasteiger partial charge on any atom is 0.252 e. The molecule has 1 amide bonds. The minimum absolute atomic E-state index is 0.105. The maximum atomic E-state index is 13.2. The summed E-state index contributed by atoms with van der Waals surface area (Å²) in [6.07, 6.45) is 4.45. The van der Waals surface area contributed by atoms with E-state index in [1.807, 2.05) is 0 Å². The van der Waals surface area contributed by atoms with Crippen LogP contribution in [0.25, 0.3) is 0 Å². The third-order valence-corrected chi connectivity index (χ3v) is 4.68. The van der Waals surface area contributed by atoms with Gasteiger partial charge in [-0.2, -0.15) is 0 Å². The van der Waals surface area contributed by atoms with Crippen LogP contribution in [-0.4, -0.2) is 11.9 Å². The molecule has 0 radical (unpaired) electrons. The molecule has 19 heavy (non-hydrogen) atoms. The summed E-state index contributed by atoms with van der Waals surface area (Å²) in [5.74, 6) is -0.595. The summed E-state index contributed by atoms with van der Waals surface area (Å²) >= 11 is 3.30. The smallest absolute Gasteiger partial charge is 0.252 e. The van der Waals surface area contributed by atoms with Crippen LogP contribution in [-0.2, 0) is 0 Å². The van der Waals surface area contributed by atoms with Gasteiger partial charge in [-0.3, -0.25) is 4.79 Å². The number of amides is 1. The molecule has 0 aliphatic heterocycles. The Morgan fingerprint density at radius 2 is 2.16 bits per heavy atom. The normalized spacial score (nSPS) is 22.0. The van der Waals surface area contributed by atoms with Crippen molar-refractivity contribution < 1.29 is 9.18 Å². The standard InChI is InChI=1S/C15H19BrFNO/c1-15(2)8-4-3-5-13(15)18-14(19)11-9-10(17)6-7-12(11)16/h6-7,9,13H,3-5,8H2,1-2H3,(H,18,19). The van der Waals surface area contributed by atoms with Crippen molar-refractivity contribution in [3.05, 3.63) is 34.1 Å². The van der Waals surface area contributed by atoms with E-state index >= 15 is 0 Å². The SMILES string of the molecule is CC1(C)CCCCC1NC(=O)c1cc(F)ccc1Br. The first-order valence-electron chi connectivity index (χ1n) is 6.66. The van der Waals surface area contributed by atoms with Gasteiger partial charge in [0.25, 0.3) is 5.91 Å². The van der Waals surface area contributed by atoms with Crippen molar-refractivity contribution in [2.24, 2.45) is 5.41 Å². The van der Waals surface area contributed by atoms with E-state index in [1.165, 1.54) is 18.6 Å². The third kappa shape index (κ3) is 3.35. The number of nitrogens with one attached hydrogen (secondary N) is 1. The number of halogens is 2. The molecule has 1 aromatic carbocycles. The number of benzene rings is 1. The van der Waals surface area contributed by atoms with Crippen molar-refractivity contribution in [3.8, 4) is 0 Å². The van der Waals surface area contributed by atoms with Gasteiger partial charge < -0.3 is 5.32 Å². The molecule has 2 nitrogen and oxygen atoms in total. The van der Waals surface area contributed by atoms with Crippen LogP contribution >= 0.6 is 15.9 Å². The summed E-state index contributed by atoms with van der Waals surface area (Å²) in [6.45, 7) is 4.36. The average Bonchev–Trinajstić information content (AvgIpc) is 2.34. The van der Waals surface area contributed by atoms with Gasteiger partial charge in [0.15, 0.2) is 0 Å². The molecule has 104 valence electrons. The van der Waals surface area contributed by atoms with E-state index in [0.29, 0.717) is 10.0 Å². The highest BCUT2D eigenvalue weighted by molar-refractivity contribution is 9.10. The number of hydrogen-bond donors (Lipinski definition) is 1. The molecule has 1 fully saturated rings. The van der Waals surface area contributed by atoms with Crippen molar-refractivity contribution in [3.63, 3.8) is 0 Å². The molecular weight excluding hydrogens is 309 g/mol. The molecule has 2 rings (SSSR count). The molecule has 1 saturated carbocycles. The van der Waals surface area contributed by atoms with Crippen LogP contribution in [0.1, 0.15) is 49.9 Å². The fourth-order valence-corrected chi connectivity index (χ4v) is 3.10. The van der Waals surface area contributed by atoms with Crippen molar-refractivity contribution in [1.82, 2.24) is 5.32 Å². The second kappa shape index (κ2) is 5.61. The average molecular weight is 328 g/mol. The van der Waals surface area contributed by atoms with Crippen LogP contribution in [0.4, 0.5) is 4.39 Å². The summed E-state index contributed by atoms with van der Waals surface area (Å²) in [5.41, 5.74) is 0.467. The molecule has 1 aliphatic carbocycles. The number of carbonyl (C=O) groups excluding carboxylic acids is 1. The van der Waals surface area contributed by atoms with Gasteiger partial charge in [-0.15, -0.1) is 0 Å². The minimum atomic E-state index is -0.392. The lowest BCUT2D eigenvalue weighted by Gasteiger charge is -2.39. The van der Waals surface area contributed by atoms with Crippen LogP contribution in [0.15, 0.2) is 22.7 Å². The van der Waals surface area contributed by atoms with Gasteiger partial charge in [-0.1, -0.05) is 26.7 Å². The molecule has 0 bridgehead atoms. The molecular formula is C15H19BrFNO. The van der Waals surface area contributed by atoms with E-state index in [2.05, 4.69) is 35.1 Å². The van der Waals surface area contributed by atoms with E-state index < -0.39 is 5.82 Å². The van der Waals surface area contributed by atoms with Crippen LogP contribution in [0, 0.1) is 11.2 Å². The lowest BCUT2D eigenvalue weighted by molar-refractivity contribution is 0.0852. The zero-order chi connectivity index (χ0) is 14.0. The Hall–Kier alpha value is -0.900. The Kier molecular flexibility index (Phi) is 4.29. The molecule has 0 heterocycles. The zero-order valence-corrected chi connectivity index (χ0v) is 12.9. The Bertz CT molecular complexity index is 487. The molecule has 4 heteroatoms. The van der Waals surface area contributed by atoms with Gasteiger partial charge in [0, 0.05) is 10.5 Å². The van der Waals surface area contributed by atoms with E-state index in [4.69, 9.17) is 0 Å². The molecule has 1 N–H and O–H groups in total. The second-order valence-electron chi connectivity index (χ2n) is 5.88.